The van der Waals surface area contributed by atoms with Gasteiger partial charge in [-0.3, -0.25) is 38.7 Å². The number of carbonyl (C=O) groups is 6. The molecule has 3 aliphatic heterocycles. The lowest BCUT2D eigenvalue weighted by atomic mass is 10.1. The number of benzene rings is 4. The van der Waals surface area contributed by atoms with Gasteiger partial charge >= 0.3 is 11.9 Å². The lowest BCUT2D eigenvalue weighted by molar-refractivity contribution is -0.662. The number of halogens is 2. The number of imidazole rings is 1. The van der Waals surface area contributed by atoms with Crippen LogP contribution in [0, 0.1) is 0 Å². The van der Waals surface area contributed by atoms with Crippen LogP contribution in [0.25, 0.3) is 17.1 Å². The predicted molar refractivity (Wildman–Crippen MR) is 224 cm³/mol. The van der Waals surface area contributed by atoms with Crippen LogP contribution in [-0.4, -0.2) is 82.8 Å². The van der Waals surface area contributed by atoms with Crippen molar-refractivity contribution < 1.29 is 47.5 Å². The second-order valence-electron chi connectivity index (χ2n) is 13.9. The molecule has 5 aromatic rings. The minimum atomic E-state index is -0.645. The number of para-hydroxylation sites is 2. The van der Waals surface area contributed by atoms with E-state index in [0.29, 0.717) is 46.1 Å². The van der Waals surface area contributed by atoms with Crippen LogP contribution in [0.1, 0.15) is 54.2 Å². The van der Waals surface area contributed by atoms with Gasteiger partial charge in [-0.15, -0.1) is 0 Å². The maximum absolute atomic E-state index is 13.2. The standard InChI is InChI=1S/C45H36Cl2N5O9/c1-2-48-34-16-10-11-17-35(34)51(26-40(53)59-22-20-49-42(55)28-12-6-7-13-29(28)43(49)56)38(48)18-4-3-5-19-39-52(36-24-32(46)33(47)25-37(36)61-39)27-41(54)60-23-21-50-44(57)30-14-8-9-15-31(30)45(50)58/h3-19,24-25H,2,20-23,26-27H2,1H3/q+1. The molecular formula is C45H36Cl2N5O9+. The quantitative estimate of drug-likeness (QED) is 0.0544. The number of hydrogen-bond donors (Lipinski definition) is 0. The molecule has 0 unspecified atom stereocenters. The first-order valence-corrected chi connectivity index (χ1v) is 20.0. The number of allylic oxidation sites excluding steroid dienone is 4. The molecule has 0 saturated carbocycles. The van der Waals surface area contributed by atoms with Crippen LogP contribution in [0.3, 0.4) is 0 Å². The van der Waals surface area contributed by atoms with Crippen LogP contribution in [0.15, 0.2) is 115 Å². The minimum absolute atomic E-state index is 0.0707. The highest BCUT2D eigenvalue weighted by molar-refractivity contribution is 6.42. The zero-order valence-corrected chi connectivity index (χ0v) is 34.1. The Morgan fingerprint density at radius 2 is 1.23 bits per heavy atom. The number of ether oxygens (including phenoxy) is 3. The fourth-order valence-corrected chi connectivity index (χ4v) is 7.77. The van der Waals surface area contributed by atoms with Gasteiger partial charge in [0.2, 0.25) is 5.88 Å². The van der Waals surface area contributed by atoms with Crippen molar-refractivity contribution >= 4 is 81.6 Å². The number of aryl methyl sites for hydroxylation is 1. The van der Waals surface area contributed by atoms with Crippen molar-refractivity contribution in [2.45, 2.75) is 20.0 Å². The van der Waals surface area contributed by atoms with Crippen molar-refractivity contribution in [1.29, 1.82) is 0 Å². The van der Waals surface area contributed by atoms with Crippen LogP contribution in [0.2, 0.25) is 10.0 Å². The Kier molecular flexibility index (Phi) is 11.5. The fourth-order valence-electron chi connectivity index (χ4n) is 7.46. The minimum Gasteiger partial charge on any atom is -0.462 e. The van der Waals surface area contributed by atoms with Crippen LogP contribution < -0.4 is 14.2 Å². The highest BCUT2D eigenvalue weighted by Crippen LogP contribution is 2.43. The first-order chi connectivity index (χ1) is 29.5. The molecule has 3 aliphatic rings. The van der Waals surface area contributed by atoms with Crippen molar-refractivity contribution in [2.75, 3.05) is 37.7 Å². The Morgan fingerprint density at radius 3 is 1.82 bits per heavy atom. The van der Waals surface area contributed by atoms with E-state index in [1.807, 2.05) is 41.8 Å². The fraction of sp³-hybridized carbons (Fsp3) is 0.178. The maximum atomic E-state index is 13.2. The van der Waals surface area contributed by atoms with E-state index in [4.69, 9.17) is 37.4 Å². The Morgan fingerprint density at radius 1 is 0.689 bits per heavy atom. The number of fused-ring (bicyclic) bond motifs is 4. The van der Waals surface area contributed by atoms with Gasteiger partial charge in [0.05, 0.1) is 57.6 Å². The van der Waals surface area contributed by atoms with Crippen molar-refractivity contribution in [3.63, 3.8) is 0 Å². The number of esters is 2. The summed E-state index contributed by atoms with van der Waals surface area (Å²) in [5, 5.41) is 0.508. The van der Waals surface area contributed by atoms with Gasteiger partial charge in [-0.25, -0.2) is 13.9 Å². The molecule has 4 heterocycles. The Balaban J connectivity index is 0.939. The topological polar surface area (TPSA) is 149 Å². The van der Waals surface area contributed by atoms with Crippen molar-refractivity contribution in [2.24, 2.45) is 0 Å². The number of amides is 4. The van der Waals surface area contributed by atoms with Gasteiger partial charge in [0, 0.05) is 12.1 Å². The summed E-state index contributed by atoms with van der Waals surface area (Å²) in [6.07, 6.45) is 8.74. The lowest BCUT2D eigenvalue weighted by Crippen LogP contribution is -2.42. The summed E-state index contributed by atoms with van der Waals surface area (Å²) in [6, 6.07) is 23.9. The Labute approximate surface area is 359 Å². The predicted octanol–water partition coefficient (Wildman–Crippen LogP) is 6.24. The Hall–Kier alpha value is -7.03. The van der Waals surface area contributed by atoms with Gasteiger partial charge in [-0.1, -0.05) is 77.8 Å². The van der Waals surface area contributed by atoms with Gasteiger partial charge in [0.1, 0.15) is 19.8 Å². The number of hydrogen-bond acceptors (Lipinski definition) is 10. The number of aromatic nitrogens is 2. The molecule has 14 nitrogen and oxygen atoms in total. The summed E-state index contributed by atoms with van der Waals surface area (Å²) in [7, 11) is 0. The molecule has 0 radical (unpaired) electrons. The average molecular weight is 862 g/mol. The zero-order valence-electron chi connectivity index (χ0n) is 32.6. The summed E-state index contributed by atoms with van der Waals surface area (Å²) >= 11 is 12.6. The third-order valence-electron chi connectivity index (χ3n) is 10.3. The molecule has 0 fully saturated rings. The van der Waals surface area contributed by atoms with Gasteiger partial charge in [0.15, 0.2) is 23.3 Å². The number of rotatable bonds is 14. The van der Waals surface area contributed by atoms with E-state index in [-0.39, 0.29) is 55.3 Å². The third-order valence-corrected chi connectivity index (χ3v) is 11.0. The lowest BCUT2D eigenvalue weighted by Gasteiger charge is -2.18. The summed E-state index contributed by atoms with van der Waals surface area (Å²) in [6.45, 7) is 1.62. The molecule has 0 bridgehead atoms. The molecule has 0 spiro atoms. The van der Waals surface area contributed by atoms with E-state index < -0.39 is 35.6 Å². The first kappa shape index (κ1) is 40.7. The van der Waals surface area contributed by atoms with Crippen molar-refractivity contribution in [3.05, 3.63) is 153 Å². The first-order valence-electron chi connectivity index (χ1n) is 19.3. The summed E-state index contributed by atoms with van der Waals surface area (Å²) in [4.78, 5) is 81.1. The highest BCUT2D eigenvalue weighted by atomic mass is 35.5. The van der Waals surface area contributed by atoms with Gasteiger partial charge in [0.25, 0.3) is 29.5 Å². The largest absolute Gasteiger partial charge is 0.462 e. The number of anilines is 1. The van der Waals surface area contributed by atoms with Crippen molar-refractivity contribution in [3.8, 4) is 5.75 Å². The third kappa shape index (κ3) is 7.90. The van der Waals surface area contributed by atoms with Crippen LogP contribution in [0.5, 0.6) is 5.75 Å². The van der Waals surface area contributed by atoms with Gasteiger partial charge in [-0.2, -0.15) is 0 Å². The molecule has 0 aliphatic carbocycles. The van der Waals surface area contributed by atoms with Crippen LogP contribution >= 0.6 is 23.2 Å². The normalized spacial score (nSPS) is 15.1. The second kappa shape index (κ2) is 17.3. The highest BCUT2D eigenvalue weighted by Gasteiger charge is 2.37. The molecule has 0 atom stereocenters. The Bertz CT molecular complexity index is 2690. The average Bonchev–Trinajstić information content (AvgIpc) is 3.91. The smallest absolute Gasteiger partial charge is 0.348 e. The van der Waals surface area contributed by atoms with E-state index >= 15 is 0 Å². The molecule has 61 heavy (non-hydrogen) atoms. The van der Waals surface area contributed by atoms with Gasteiger partial charge < -0.3 is 14.2 Å². The molecule has 4 aromatic carbocycles. The summed E-state index contributed by atoms with van der Waals surface area (Å²) < 4.78 is 20.9. The van der Waals surface area contributed by atoms with E-state index in [1.165, 1.54) is 0 Å². The number of nitrogens with zero attached hydrogens (tertiary/aromatic N) is 5. The van der Waals surface area contributed by atoms with E-state index in [0.717, 1.165) is 20.8 Å². The summed E-state index contributed by atoms with van der Waals surface area (Å²) in [5.41, 5.74) is 3.44. The molecule has 0 N–H and O–H groups in total. The molecule has 0 saturated heterocycles. The van der Waals surface area contributed by atoms with Crippen LogP contribution in [0.4, 0.5) is 5.69 Å². The van der Waals surface area contributed by atoms with Gasteiger partial charge in [-0.05, 0) is 55.5 Å². The van der Waals surface area contributed by atoms with E-state index in [2.05, 4.69) is 4.57 Å². The summed E-state index contributed by atoms with van der Waals surface area (Å²) in [5.74, 6) is -1.57. The zero-order chi connectivity index (χ0) is 42.8. The molecular weight excluding hydrogens is 825 g/mol. The number of imide groups is 2. The number of carbonyl (C=O) groups excluding carboxylic acids is 6. The monoisotopic (exact) mass is 860 g/mol. The SMILES string of the molecule is CCn1c(/C=C/C=C/C=C2\Oc3cc(Cl)c(Cl)cc3N2CC(=O)OCCN2C(=O)c3ccccc3C2=O)[n+](CC(=O)OCCN2C(=O)c3ccccc3C2=O)c2ccccc21. The van der Waals surface area contributed by atoms with E-state index in [1.54, 1.807) is 89.9 Å². The molecule has 4 amide bonds. The van der Waals surface area contributed by atoms with Crippen LogP contribution in [-0.2, 0) is 32.2 Å². The van der Waals surface area contributed by atoms with Crippen molar-refractivity contribution in [1.82, 2.24) is 14.4 Å². The molecule has 16 heteroatoms. The molecule has 1 aromatic heterocycles. The second-order valence-corrected chi connectivity index (χ2v) is 14.7. The van der Waals surface area contributed by atoms with E-state index in [9.17, 15) is 28.8 Å². The maximum Gasteiger partial charge on any atom is 0.348 e. The molecule has 8 rings (SSSR count). The molecule has 308 valence electrons.